The number of hydrogen-bond acceptors (Lipinski definition) is 6. The summed E-state index contributed by atoms with van der Waals surface area (Å²) in [6.45, 7) is 8.92. The average molecular weight is 510 g/mol. The maximum atomic E-state index is 10.3. The number of rotatable bonds is 13. The van der Waals surface area contributed by atoms with E-state index < -0.39 is 14.7 Å². The molecule has 36 heavy (non-hydrogen) atoms. The minimum atomic E-state index is -2.46. The fourth-order valence-electron chi connectivity index (χ4n) is 4.20. The van der Waals surface area contributed by atoms with Gasteiger partial charge in [-0.15, -0.1) is 0 Å². The van der Waals surface area contributed by atoms with Gasteiger partial charge in [0.2, 0.25) is 0 Å². The number of nitrogens with zero attached hydrogens (tertiary/aromatic N) is 1. The molecule has 0 saturated carbocycles. The van der Waals surface area contributed by atoms with E-state index in [1.807, 2.05) is 54.6 Å². The first kappa shape index (κ1) is 27.9. The van der Waals surface area contributed by atoms with Crippen LogP contribution in [0.3, 0.4) is 0 Å². The number of aliphatic hydroxyl groups is 1. The van der Waals surface area contributed by atoms with Crippen LogP contribution in [-0.4, -0.2) is 52.1 Å². The highest BCUT2D eigenvalue weighted by molar-refractivity contribution is 7.39. The lowest BCUT2D eigenvalue weighted by atomic mass is 9.88. The van der Waals surface area contributed by atoms with Gasteiger partial charge < -0.3 is 29.1 Å². The number of allylic oxidation sites excluding steroid dienone is 1. The van der Waals surface area contributed by atoms with Gasteiger partial charge in [0.1, 0.15) is 24.2 Å². The Bertz CT molecular complexity index is 1080. The van der Waals surface area contributed by atoms with E-state index in [0.717, 1.165) is 41.8 Å². The smallest absolute Gasteiger partial charge is 0.391 e. The molecule has 0 amide bonds. The molecule has 1 atom stereocenters. The first-order chi connectivity index (χ1) is 17.4. The van der Waals surface area contributed by atoms with Crippen LogP contribution >= 0.6 is 8.60 Å². The molecule has 7 heteroatoms. The zero-order chi connectivity index (χ0) is 25.9. The van der Waals surface area contributed by atoms with E-state index in [9.17, 15) is 5.11 Å². The third-order valence-electron chi connectivity index (χ3n) is 6.06. The van der Waals surface area contributed by atoms with Gasteiger partial charge in [0, 0.05) is 6.54 Å². The molecule has 0 spiro atoms. The Morgan fingerprint density at radius 2 is 1.33 bits per heavy atom. The molecule has 3 aromatic rings. The van der Waals surface area contributed by atoms with Gasteiger partial charge in [-0.1, -0.05) is 75.4 Å². The van der Waals surface area contributed by atoms with E-state index in [0.29, 0.717) is 18.0 Å². The highest BCUT2D eigenvalue weighted by atomic mass is 31.2. The summed E-state index contributed by atoms with van der Waals surface area (Å²) < 4.78 is 10.9. The third-order valence-corrected chi connectivity index (χ3v) is 6.43. The van der Waals surface area contributed by atoms with Gasteiger partial charge in [-0.05, 0) is 71.6 Å². The lowest BCUT2D eigenvalue weighted by Gasteiger charge is -2.22. The topological polar surface area (TPSA) is 82.4 Å². The molecule has 192 valence electrons. The minimum Gasteiger partial charge on any atom is -0.491 e. The maximum absolute atomic E-state index is 10.3. The van der Waals surface area contributed by atoms with Gasteiger partial charge in [0.15, 0.2) is 0 Å². The van der Waals surface area contributed by atoms with Gasteiger partial charge in [0.05, 0.1) is 0 Å². The van der Waals surface area contributed by atoms with Crippen molar-refractivity contribution in [1.29, 1.82) is 0 Å². The number of ether oxygens (including phenoxy) is 1. The first-order valence-corrected chi connectivity index (χ1v) is 13.5. The molecule has 0 saturated heterocycles. The lowest BCUT2D eigenvalue weighted by molar-refractivity contribution is 0.0716. The maximum Gasteiger partial charge on any atom is 0.391 e. The summed E-state index contributed by atoms with van der Waals surface area (Å²) in [4.78, 5) is 20.5. The van der Waals surface area contributed by atoms with E-state index in [1.165, 1.54) is 5.57 Å². The van der Waals surface area contributed by atoms with Crippen molar-refractivity contribution >= 4 is 19.7 Å². The summed E-state index contributed by atoms with van der Waals surface area (Å²) in [7, 11) is -2.46. The molecule has 1 unspecified atom stereocenters. The Kier molecular flexibility index (Phi) is 10.9. The Balaban J connectivity index is 1.89. The fraction of sp³-hybridized carbons (Fsp3) is 0.310. The molecule has 0 aliphatic rings. The molecule has 0 aromatic heterocycles. The summed E-state index contributed by atoms with van der Waals surface area (Å²) in [5.74, 6) is 1.11. The van der Waals surface area contributed by atoms with E-state index in [-0.39, 0.29) is 6.61 Å². The van der Waals surface area contributed by atoms with Crippen LogP contribution in [0.4, 0.5) is 0 Å². The summed E-state index contributed by atoms with van der Waals surface area (Å²) in [5.41, 5.74) is 5.45. The lowest BCUT2D eigenvalue weighted by Crippen LogP contribution is -2.35. The Morgan fingerprint density at radius 1 is 0.778 bits per heavy atom. The van der Waals surface area contributed by atoms with Crippen molar-refractivity contribution in [1.82, 2.24) is 4.90 Å². The molecular weight excluding hydrogens is 473 g/mol. The van der Waals surface area contributed by atoms with Gasteiger partial charge in [-0.25, -0.2) is 0 Å². The second kappa shape index (κ2) is 14.1. The van der Waals surface area contributed by atoms with E-state index >= 15 is 0 Å². The number of benzene rings is 3. The van der Waals surface area contributed by atoms with Crippen LogP contribution in [-0.2, 0) is 0 Å². The second-order valence-corrected chi connectivity index (χ2v) is 9.10. The Morgan fingerprint density at radius 3 is 1.83 bits per heavy atom. The van der Waals surface area contributed by atoms with E-state index in [1.54, 1.807) is 12.1 Å². The van der Waals surface area contributed by atoms with Crippen LogP contribution in [0, 0.1) is 0 Å². The SMILES string of the molecule is CCC(=C(c1ccc(OCC(O)CN(CC)CC)cc1)c1ccc(OP(O)O)cc1)c1ccccc1. The molecule has 0 aliphatic carbocycles. The van der Waals surface area contributed by atoms with Crippen molar-refractivity contribution in [2.45, 2.75) is 33.3 Å². The van der Waals surface area contributed by atoms with Crippen molar-refractivity contribution in [3.63, 3.8) is 0 Å². The van der Waals surface area contributed by atoms with Crippen molar-refractivity contribution < 1.29 is 24.2 Å². The van der Waals surface area contributed by atoms with Gasteiger partial charge >= 0.3 is 8.60 Å². The molecule has 3 aromatic carbocycles. The highest BCUT2D eigenvalue weighted by Crippen LogP contribution is 2.36. The van der Waals surface area contributed by atoms with E-state index in [4.69, 9.17) is 19.0 Å². The summed E-state index contributed by atoms with van der Waals surface area (Å²) in [6, 6.07) is 25.5. The molecule has 6 nitrogen and oxygen atoms in total. The van der Waals surface area contributed by atoms with Crippen LogP contribution in [0.25, 0.3) is 11.1 Å². The van der Waals surface area contributed by atoms with Crippen molar-refractivity contribution in [2.75, 3.05) is 26.2 Å². The normalized spacial score (nSPS) is 13.0. The Labute approximate surface area is 215 Å². The summed E-state index contributed by atoms with van der Waals surface area (Å²) in [5, 5.41) is 10.3. The number of aliphatic hydroxyl groups excluding tert-OH is 1. The summed E-state index contributed by atoms with van der Waals surface area (Å²) in [6.07, 6.45) is 0.274. The molecule has 0 bridgehead atoms. The van der Waals surface area contributed by atoms with Gasteiger partial charge in [0.25, 0.3) is 0 Å². The molecule has 0 fully saturated rings. The largest absolute Gasteiger partial charge is 0.491 e. The van der Waals surface area contributed by atoms with Gasteiger partial charge in [-0.3, -0.25) is 0 Å². The molecule has 0 radical (unpaired) electrons. The Hall–Kier alpha value is -2.73. The number of likely N-dealkylation sites (N-methyl/N-ethyl adjacent to an activating group) is 1. The predicted molar refractivity (Wildman–Crippen MR) is 147 cm³/mol. The fourth-order valence-corrected chi connectivity index (χ4v) is 4.51. The first-order valence-electron chi connectivity index (χ1n) is 12.3. The molecular formula is C29H36NO5P. The van der Waals surface area contributed by atoms with Crippen LogP contribution in [0.15, 0.2) is 78.9 Å². The van der Waals surface area contributed by atoms with Crippen LogP contribution in [0.5, 0.6) is 11.5 Å². The van der Waals surface area contributed by atoms with Crippen molar-refractivity contribution in [2.24, 2.45) is 0 Å². The third kappa shape index (κ3) is 7.89. The van der Waals surface area contributed by atoms with E-state index in [2.05, 4.69) is 37.8 Å². The van der Waals surface area contributed by atoms with Crippen LogP contribution < -0.4 is 9.26 Å². The molecule has 3 rings (SSSR count). The molecule has 3 N–H and O–H groups in total. The van der Waals surface area contributed by atoms with Gasteiger partial charge in [-0.2, -0.15) is 0 Å². The molecule has 0 aliphatic heterocycles. The van der Waals surface area contributed by atoms with Crippen molar-refractivity contribution in [3.05, 3.63) is 95.6 Å². The highest BCUT2D eigenvalue weighted by Gasteiger charge is 2.15. The minimum absolute atomic E-state index is 0.239. The zero-order valence-electron chi connectivity index (χ0n) is 21.2. The number of hydrogen-bond donors (Lipinski definition) is 3. The summed E-state index contributed by atoms with van der Waals surface area (Å²) >= 11 is 0. The van der Waals surface area contributed by atoms with Crippen molar-refractivity contribution in [3.8, 4) is 11.5 Å². The standard InChI is InChI=1S/C29H36NO5P/c1-4-28(22-10-8-7-9-11-22)29(24-14-18-27(19-15-24)35-36(32)33)23-12-16-26(17-13-23)34-21-25(31)20-30(5-2)6-3/h7-19,25,31-33H,4-6,20-21H2,1-3H3. The second-order valence-electron chi connectivity index (χ2n) is 8.42. The quantitative estimate of drug-likeness (QED) is 0.202. The van der Waals surface area contributed by atoms with Crippen LogP contribution in [0.2, 0.25) is 0 Å². The average Bonchev–Trinajstić information content (AvgIpc) is 2.90. The zero-order valence-corrected chi connectivity index (χ0v) is 22.1. The van der Waals surface area contributed by atoms with Crippen LogP contribution in [0.1, 0.15) is 43.9 Å². The molecule has 0 heterocycles. The monoisotopic (exact) mass is 509 g/mol. The predicted octanol–water partition coefficient (Wildman–Crippen LogP) is 5.73.